The van der Waals surface area contributed by atoms with Crippen LogP contribution in [-0.2, 0) is 22.0 Å². The maximum absolute atomic E-state index is 13.7. The Balaban J connectivity index is 1.54. The molecular weight excluding hydrogens is 379 g/mol. The number of hydrogen-bond acceptors (Lipinski definition) is 7. The molecule has 0 fully saturated rings. The van der Waals surface area contributed by atoms with E-state index in [-0.39, 0.29) is 17.3 Å². The fourth-order valence-corrected chi connectivity index (χ4v) is 4.50. The summed E-state index contributed by atoms with van der Waals surface area (Å²) in [4.78, 5) is 5.16. The van der Waals surface area contributed by atoms with Crippen LogP contribution < -0.4 is 4.74 Å². The van der Waals surface area contributed by atoms with E-state index in [0.29, 0.717) is 30.1 Å². The van der Waals surface area contributed by atoms with Crippen LogP contribution in [0.15, 0.2) is 40.2 Å². The van der Waals surface area contributed by atoms with Crippen molar-refractivity contribution in [3.8, 4) is 16.5 Å². The van der Waals surface area contributed by atoms with Crippen LogP contribution in [0.5, 0.6) is 5.75 Å². The maximum Gasteiger partial charge on any atom is 0.227 e. The van der Waals surface area contributed by atoms with Gasteiger partial charge in [0.2, 0.25) is 11.7 Å². The summed E-state index contributed by atoms with van der Waals surface area (Å²) in [6, 6.07) is 7.93. The van der Waals surface area contributed by atoms with Crippen LogP contribution in [0.4, 0.5) is 4.39 Å². The molecule has 2 aromatic heterocycles. The molecule has 0 saturated heterocycles. The number of sulfone groups is 1. The molecular formula is C17H17FN2O4S2. The van der Waals surface area contributed by atoms with E-state index in [1.54, 1.807) is 6.07 Å². The van der Waals surface area contributed by atoms with Gasteiger partial charge < -0.3 is 9.26 Å². The predicted octanol–water partition coefficient (Wildman–Crippen LogP) is 3.49. The average molecular weight is 396 g/mol. The van der Waals surface area contributed by atoms with E-state index >= 15 is 0 Å². The highest BCUT2D eigenvalue weighted by Gasteiger charge is 2.15. The van der Waals surface area contributed by atoms with Gasteiger partial charge in [0.05, 0.1) is 23.5 Å². The Morgan fingerprint density at radius 3 is 2.85 bits per heavy atom. The number of ether oxygens (including phenoxy) is 1. The number of hydrogen-bond donors (Lipinski definition) is 0. The number of rotatable bonds is 8. The predicted molar refractivity (Wildman–Crippen MR) is 96.4 cm³/mol. The molecule has 2 heterocycles. The first kappa shape index (κ1) is 18.5. The Morgan fingerprint density at radius 2 is 2.15 bits per heavy atom. The first-order valence-corrected chi connectivity index (χ1v) is 10.6. The molecule has 0 amide bonds. The maximum atomic E-state index is 13.7. The molecule has 138 valence electrons. The molecule has 0 aliphatic heterocycles. The van der Waals surface area contributed by atoms with Crippen molar-refractivity contribution in [2.45, 2.75) is 18.6 Å². The van der Waals surface area contributed by atoms with Crippen LogP contribution in [0, 0.1) is 5.82 Å². The highest BCUT2D eigenvalue weighted by atomic mass is 32.2. The van der Waals surface area contributed by atoms with Crippen molar-refractivity contribution in [1.29, 1.82) is 0 Å². The van der Waals surface area contributed by atoms with Crippen LogP contribution in [0.3, 0.4) is 0 Å². The van der Waals surface area contributed by atoms with Gasteiger partial charge in [0.1, 0.15) is 0 Å². The molecule has 0 N–H and O–H groups in total. The van der Waals surface area contributed by atoms with Crippen molar-refractivity contribution in [1.82, 2.24) is 10.1 Å². The zero-order chi connectivity index (χ0) is 18.6. The summed E-state index contributed by atoms with van der Waals surface area (Å²) in [5, 5.41) is 5.81. The van der Waals surface area contributed by atoms with Gasteiger partial charge in [0.25, 0.3) is 0 Å². The Hall–Kier alpha value is -2.26. The fraction of sp³-hybridized carbons (Fsp3) is 0.294. The lowest BCUT2D eigenvalue weighted by atomic mass is 10.2. The summed E-state index contributed by atoms with van der Waals surface area (Å²) >= 11 is 1.50. The SMILES string of the molecule is COc1ccc(CS(=O)(=O)CCCc2nc(-c3cccs3)no2)cc1F. The van der Waals surface area contributed by atoms with Crippen molar-refractivity contribution < 1.29 is 22.1 Å². The van der Waals surface area contributed by atoms with Gasteiger partial charge in [-0.05, 0) is 35.6 Å². The highest BCUT2D eigenvalue weighted by molar-refractivity contribution is 7.90. The molecule has 3 rings (SSSR count). The van der Waals surface area contributed by atoms with Crippen molar-refractivity contribution in [2.24, 2.45) is 0 Å². The molecule has 0 radical (unpaired) electrons. The third kappa shape index (κ3) is 4.67. The first-order chi connectivity index (χ1) is 12.5. The second kappa shape index (κ2) is 7.96. The summed E-state index contributed by atoms with van der Waals surface area (Å²) < 4.78 is 48.1. The third-order valence-electron chi connectivity index (χ3n) is 3.66. The highest BCUT2D eigenvalue weighted by Crippen LogP contribution is 2.22. The van der Waals surface area contributed by atoms with E-state index in [1.807, 2.05) is 17.5 Å². The van der Waals surface area contributed by atoms with Crippen LogP contribution in [0.2, 0.25) is 0 Å². The minimum atomic E-state index is -3.37. The van der Waals surface area contributed by atoms with Crippen LogP contribution in [0.25, 0.3) is 10.7 Å². The van der Waals surface area contributed by atoms with E-state index in [0.717, 1.165) is 4.88 Å². The van der Waals surface area contributed by atoms with Gasteiger partial charge in [-0.25, -0.2) is 12.8 Å². The number of aromatic nitrogens is 2. The topological polar surface area (TPSA) is 82.3 Å². The second-order valence-corrected chi connectivity index (χ2v) is 8.79. The standard InChI is InChI=1S/C17H17FN2O4S2/c1-23-14-7-6-12(10-13(14)18)11-26(21,22)9-3-5-16-19-17(20-24-16)15-4-2-8-25-15/h2,4,6-8,10H,3,5,9,11H2,1H3. The Morgan fingerprint density at radius 1 is 1.31 bits per heavy atom. The number of halogens is 1. The molecule has 0 spiro atoms. The molecule has 0 bridgehead atoms. The molecule has 0 atom stereocenters. The summed E-state index contributed by atoms with van der Waals surface area (Å²) in [6.45, 7) is 0. The number of nitrogens with zero attached hydrogens (tertiary/aromatic N) is 2. The van der Waals surface area contributed by atoms with Crippen molar-refractivity contribution in [2.75, 3.05) is 12.9 Å². The molecule has 3 aromatic rings. The van der Waals surface area contributed by atoms with Crippen LogP contribution >= 0.6 is 11.3 Å². The molecule has 9 heteroatoms. The minimum Gasteiger partial charge on any atom is -0.494 e. The summed E-state index contributed by atoms with van der Waals surface area (Å²) in [5.41, 5.74) is 0.390. The summed E-state index contributed by atoms with van der Waals surface area (Å²) in [5.74, 6) is 0.150. The van der Waals surface area contributed by atoms with Gasteiger partial charge in [-0.2, -0.15) is 4.98 Å². The van der Waals surface area contributed by atoms with Gasteiger partial charge in [-0.1, -0.05) is 17.3 Å². The van der Waals surface area contributed by atoms with E-state index in [2.05, 4.69) is 10.1 Å². The molecule has 6 nitrogen and oxygen atoms in total. The lowest BCUT2D eigenvalue weighted by molar-refractivity contribution is 0.378. The Bertz CT molecular complexity index is 969. The van der Waals surface area contributed by atoms with E-state index in [4.69, 9.17) is 9.26 Å². The van der Waals surface area contributed by atoms with Gasteiger partial charge in [0, 0.05) is 6.42 Å². The fourth-order valence-electron chi connectivity index (χ4n) is 2.43. The lowest BCUT2D eigenvalue weighted by Crippen LogP contribution is -2.10. The zero-order valence-corrected chi connectivity index (χ0v) is 15.6. The second-order valence-electron chi connectivity index (χ2n) is 5.65. The minimum absolute atomic E-state index is 0.0443. The van der Waals surface area contributed by atoms with Gasteiger partial charge in [0.15, 0.2) is 21.4 Å². The molecule has 0 unspecified atom stereocenters. The van der Waals surface area contributed by atoms with Crippen molar-refractivity contribution >= 4 is 21.2 Å². The quantitative estimate of drug-likeness (QED) is 0.580. The first-order valence-electron chi connectivity index (χ1n) is 7.86. The number of benzene rings is 1. The number of aryl methyl sites for hydroxylation is 1. The molecule has 0 aliphatic rings. The molecule has 26 heavy (non-hydrogen) atoms. The Labute approximate surface area is 154 Å². The zero-order valence-electron chi connectivity index (χ0n) is 14.0. The number of thiophene rings is 1. The summed E-state index contributed by atoms with van der Waals surface area (Å²) in [7, 11) is -2.02. The molecule has 1 aromatic carbocycles. The smallest absolute Gasteiger partial charge is 0.227 e. The van der Waals surface area contributed by atoms with Gasteiger partial charge in [-0.3, -0.25) is 0 Å². The average Bonchev–Trinajstić information content (AvgIpc) is 3.25. The van der Waals surface area contributed by atoms with Gasteiger partial charge in [-0.15, -0.1) is 11.3 Å². The molecule has 0 aliphatic carbocycles. The van der Waals surface area contributed by atoms with E-state index < -0.39 is 15.7 Å². The monoisotopic (exact) mass is 396 g/mol. The van der Waals surface area contributed by atoms with Gasteiger partial charge >= 0.3 is 0 Å². The Kier molecular flexibility index (Phi) is 5.67. The van der Waals surface area contributed by atoms with Crippen LogP contribution in [0.1, 0.15) is 17.9 Å². The van der Waals surface area contributed by atoms with Crippen LogP contribution in [-0.4, -0.2) is 31.4 Å². The number of methoxy groups -OCH3 is 1. The lowest BCUT2D eigenvalue weighted by Gasteiger charge is -2.06. The van der Waals surface area contributed by atoms with E-state index in [9.17, 15) is 12.8 Å². The van der Waals surface area contributed by atoms with Crippen molar-refractivity contribution in [3.63, 3.8) is 0 Å². The molecule has 0 saturated carbocycles. The largest absolute Gasteiger partial charge is 0.494 e. The summed E-state index contributed by atoms with van der Waals surface area (Å²) in [6.07, 6.45) is 0.724. The normalized spacial score (nSPS) is 11.6. The third-order valence-corrected chi connectivity index (χ3v) is 6.21. The van der Waals surface area contributed by atoms with E-state index in [1.165, 1.54) is 30.6 Å². The van der Waals surface area contributed by atoms with Crippen molar-refractivity contribution in [3.05, 3.63) is 53.0 Å².